The molecule has 0 saturated heterocycles. The maximum absolute atomic E-state index is 12.0. The summed E-state index contributed by atoms with van der Waals surface area (Å²) >= 11 is 3.21. The van der Waals surface area contributed by atoms with Crippen LogP contribution in [-0.2, 0) is 10.0 Å². The van der Waals surface area contributed by atoms with Crippen LogP contribution in [0.15, 0.2) is 27.6 Å². The predicted molar refractivity (Wildman–Crippen MR) is 69.5 cm³/mol. The van der Waals surface area contributed by atoms with Crippen LogP contribution in [0.3, 0.4) is 0 Å². The summed E-state index contributed by atoms with van der Waals surface area (Å²) in [6.07, 6.45) is 0. The minimum Gasteiger partial charge on any atom is -0.497 e. The standard InChI is InChI=1S/C10H15BrN2O3S/c1-7(6-12)13-17(14,15)10-4-3-8(16-2)5-9(10)11/h3-5,7,13H,6,12H2,1-2H3/t7-/m0/s1. The van der Waals surface area contributed by atoms with Gasteiger partial charge in [-0.05, 0) is 41.1 Å². The Morgan fingerprint density at radius 2 is 2.18 bits per heavy atom. The number of hydrogen-bond donors (Lipinski definition) is 2. The third-order valence-electron chi connectivity index (χ3n) is 2.14. The van der Waals surface area contributed by atoms with Crippen LogP contribution in [0.4, 0.5) is 0 Å². The monoisotopic (exact) mass is 322 g/mol. The number of rotatable bonds is 5. The first-order valence-electron chi connectivity index (χ1n) is 4.96. The van der Waals surface area contributed by atoms with Crippen LogP contribution in [0.1, 0.15) is 6.92 Å². The molecular formula is C10H15BrN2O3S. The molecule has 0 amide bonds. The predicted octanol–water partition coefficient (Wildman–Crippen LogP) is 1.08. The highest BCUT2D eigenvalue weighted by atomic mass is 79.9. The van der Waals surface area contributed by atoms with Crippen LogP contribution in [-0.4, -0.2) is 28.1 Å². The number of nitrogens with two attached hydrogens (primary N) is 1. The Morgan fingerprint density at radius 1 is 1.53 bits per heavy atom. The number of nitrogens with one attached hydrogen (secondary N) is 1. The van der Waals surface area contributed by atoms with E-state index in [0.29, 0.717) is 10.2 Å². The number of halogens is 1. The highest BCUT2D eigenvalue weighted by Crippen LogP contribution is 2.26. The van der Waals surface area contributed by atoms with Crippen LogP contribution in [0.5, 0.6) is 5.75 Å². The molecule has 1 rings (SSSR count). The van der Waals surface area contributed by atoms with Gasteiger partial charge in [-0.3, -0.25) is 0 Å². The lowest BCUT2D eigenvalue weighted by Crippen LogP contribution is -2.37. The van der Waals surface area contributed by atoms with Crippen LogP contribution in [0.25, 0.3) is 0 Å². The van der Waals surface area contributed by atoms with Crippen molar-refractivity contribution < 1.29 is 13.2 Å². The van der Waals surface area contributed by atoms with Gasteiger partial charge in [-0.25, -0.2) is 13.1 Å². The van der Waals surface area contributed by atoms with Gasteiger partial charge in [0.1, 0.15) is 5.75 Å². The summed E-state index contributed by atoms with van der Waals surface area (Å²) in [4.78, 5) is 0.165. The number of benzene rings is 1. The summed E-state index contributed by atoms with van der Waals surface area (Å²) in [5, 5.41) is 0. The Hall–Kier alpha value is -0.630. The smallest absolute Gasteiger partial charge is 0.241 e. The number of sulfonamides is 1. The molecule has 1 atom stereocenters. The van der Waals surface area contributed by atoms with Crippen LogP contribution in [0.2, 0.25) is 0 Å². The van der Waals surface area contributed by atoms with Gasteiger partial charge in [-0.1, -0.05) is 0 Å². The van der Waals surface area contributed by atoms with Crippen molar-refractivity contribution >= 4 is 26.0 Å². The molecule has 0 saturated carbocycles. The molecule has 7 heteroatoms. The zero-order chi connectivity index (χ0) is 13.1. The van der Waals surface area contributed by atoms with E-state index in [9.17, 15) is 8.42 Å². The Morgan fingerprint density at radius 3 is 2.65 bits per heavy atom. The molecule has 0 aliphatic carbocycles. The van der Waals surface area contributed by atoms with Crippen molar-refractivity contribution in [1.29, 1.82) is 0 Å². The van der Waals surface area contributed by atoms with E-state index in [1.165, 1.54) is 13.2 Å². The van der Waals surface area contributed by atoms with Gasteiger partial charge in [0.25, 0.3) is 0 Å². The molecule has 0 aliphatic heterocycles. The van der Waals surface area contributed by atoms with E-state index in [1.54, 1.807) is 19.1 Å². The average Bonchev–Trinajstić information content (AvgIpc) is 2.27. The van der Waals surface area contributed by atoms with Crippen molar-refractivity contribution in [3.63, 3.8) is 0 Å². The highest BCUT2D eigenvalue weighted by molar-refractivity contribution is 9.10. The van der Waals surface area contributed by atoms with Crippen LogP contribution >= 0.6 is 15.9 Å². The van der Waals surface area contributed by atoms with E-state index < -0.39 is 10.0 Å². The quantitative estimate of drug-likeness (QED) is 0.850. The molecule has 0 radical (unpaired) electrons. The minimum absolute atomic E-state index is 0.165. The molecule has 1 aromatic carbocycles. The molecule has 1 aromatic rings. The molecule has 0 unspecified atom stereocenters. The molecule has 0 fully saturated rings. The zero-order valence-electron chi connectivity index (χ0n) is 9.60. The van der Waals surface area contributed by atoms with E-state index in [-0.39, 0.29) is 17.5 Å². The lowest BCUT2D eigenvalue weighted by molar-refractivity contribution is 0.414. The van der Waals surface area contributed by atoms with Gasteiger partial charge in [-0.2, -0.15) is 0 Å². The number of ether oxygens (including phenoxy) is 1. The topological polar surface area (TPSA) is 81.4 Å². The van der Waals surface area contributed by atoms with Gasteiger partial charge in [0.2, 0.25) is 10.0 Å². The molecule has 0 bridgehead atoms. The summed E-state index contributed by atoms with van der Waals surface area (Å²) < 4.78 is 31.9. The minimum atomic E-state index is -3.56. The summed E-state index contributed by atoms with van der Waals surface area (Å²) in [7, 11) is -2.04. The molecule has 5 nitrogen and oxygen atoms in total. The summed E-state index contributed by atoms with van der Waals surface area (Å²) in [6.45, 7) is 1.95. The van der Waals surface area contributed by atoms with E-state index >= 15 is 0 Å². The largest absolute Gasteiger partial charge is 0.497 e. The highest BCUT2D eigenvalue weighted by Gasteiger charge is 2.19. The van der Waals surface area contributed by atoms with Gasteiger partial charge < -0.3 is 10.5 Å². The second-order valence-electron chi connectivity index (χ2n) is 3.55. The van der Waals surface area contributed by atoms with E-state index in [2.05, 4.69) is 20.7 Å². The Balaban J connectivity index is 3.07. The van der Waals surface area contributed by atoms with Crippen molar-refractivity contribution in [2.75, 3.05) is 13.7 Å². The van der Waals surface area contributed by atoms with Gasteiger partial charge in [0.05, 0.1) is 12.0 Å². The van der Waals surface area contributed by atoms with Gasteiger partial charge in [0, 0.05) is 17.1 Å². The molecule has 3 N–H and O–H groups in total. The molecule has 0 heterocycles. The Bertz CT molecular complexity index is 490. The molecule has 96 valence electrons. The lowest BCUT2D eigenvalue weighted by Gasteiger charge is -2.13. The maximum Gasteiger partial charge on any atom is 0.241 e. The second kappa shape index (κ2) is 5.81. The second-order valence-corrected chi connectivity index (χ2v) is 6.09. The maximum atomic E-state index is 12.0. The normalized spacial score (nSPS) is 13.4. The van der Waals surface area contributed by atoms with E-state index in [0.717, 1.165) is 0 Å². The van der Waals surface area contributed by atoms with Crippen LogP contribution < -0.4 is 15.2 Å². The average molecular weight is 323 g/mol. The summed E-state index contributed by atoms with van der Waals surface area (Å²) in [6, 6.07) is 4.36. The Labute approximate surface area is 110 Å². The van der Waals surface area contributed by atoms with E-state index in [1.807, 2.05) is 0 Å². The molecule has 0 spiro atoms. The Kier molecular flexibility index (Phi) is 4.93. The fraction of sp³-hybridized carbons (Fsp3) is 0.400. The van der Waals surface area contributed by atoms with Crippen LogP contribution in [0, 0.1) is 0 Å². The molecular weight excluding hydrogens is 308 g/mol. The third kappa shape index (κ3) is 3.67. The molecule has 0 aliphatic rings. The fourth-order valence-corrected chi connectivity index (χ4v) is 3.52. The molecule has 17 heavy (non-hydrogen) atoms. The zero-order valence-corrected chi connectivity index (χ0v) is 12.0. The van der Waals surface area contributed by atoms with E-state index in [4.69, 9.17) is 10.5 Å². The van der Waals surface area contributed by atoms with Crippen molar-refractivity contribution in [2.24, 2.45) is 5.73 Å². The van der Waals surface area contributed by atoms with Crippen molar-refractivity contribution in [1.82, 2.24) is 4.72 Å². The third-order valence-corrected chi connectivity index (χ3v) is 4.70. The van der Waals surface area contributed by atoms with Crippen molar-refractivity contribution in [3.8, 4) is 5.75 Å². The lowest BCUT2D eigenvalue weighted by atomic mass is 10.3. The van der Waals surface area contributed by atoms with Gasteiger partial charge >= 0.3 is 0 Å². The summed E-state index contributed by atoms with van der Waals surface area (Å²) in [5.74, 6) is 0.586. The van der Waals surface area contributed by atoms with Crippen molar-refractivity contribution in [2.45, 2.75) is 17.9 Å². The first-order chi connectivity index (χ1) is 7.90. The molecule has 0 aromatic heterocycles. The summed E-state index contributed by atoms with van der Waals surface area (Å²) in [5.41, 5.74) is 5.38. The number of hydrogen-bond acceptors (Lipinski definition) is 4. The van der Waals surface area contributed by atoms with Gasteiger partial charge in [-0.15, -0.1) is 0 Å². The number of methoxy groups -OCH3 is 1. The first kappa shape index (κ1) is 14.4. The SMILES string of the molecule is COc1ccc(S(=O)(=O)N[C@@H](C)CN)c(Br)c1. The fourth-order valence-electron chi connectivity index (χ4n) is 1.20. The van der Waals surface area contributed by atoms with Crippen molar-refractivity contribution in [3.05, 3.63) is 22.7 Å². The first-order valence-corrected chi connectivity index (χ1v) is 7.24. The van der Waals surface area contributed by atoms with Gasteiger partial charge in [0.15, 0.2) is 0 Å².